The molecule has 0 bridgehead atoms. The number of benzene rings is 2. The van der Waals surface area contributed by atoms with Crippen LogP contribution in [0.4, 0.5) is 10.1 Å². The molecule has 0 spiro atoms. The van der Waals surface area contributed by atoms with Crippen molar-refractivity contribution >= 4 is 17.3 Å². The molecule has 1 heterocycles. The second-order valence-electron chi connectivity index (χ2n) is 4.83. The van der Waals surface area contributed by atoms with Gasteiger partial charge in [0, 0.05) is 29.3 Å². The molecule has 0 atom stereocenters. The number of nitrogens with zero attached hydrogens (tertiary/aromatic N) is 1. The third-order valence-electron chi connectivity index (χ3n) is 3.27. The number of nitro groups is 1. The Balaban J connectivity index is 1.87. The van der Waals surface area contributed by atoms with Crippen LogP contribution in [0.5, 0.6) is 11.5 Å². The number of hydrogen-bond donors (Lipinski definition) is 0. The van der Waals surface area contributed by atoms with Crippen molar-refractivity contribution in [3.05, 3.63) is 62.4 Å². The van der Waals surface area contributed by atoms with Crippen LogP contribution < -0.4 is 9.47 Å². The van der Waals surface area contributed by atoms with E-state index in [4.69, 9.17) is 25.8 Å². The van der Waals surface area contributed by atoms with E-state index in [1.54, 1.807) is 0 Å². The Morgan fingerprint density at radius 2 is 2.17 bits per heavy atom. The van der Waals surface area contributed by atoms with E-state index < -0.39 is 10.7 Å². The SMILES string of the molecule is O=[N+]([O-])c1cc2c(c(COc3ccc(F)c(Cl)c3)c1)OCOC2. The van der Waals surface area contributed by atoms with E-state index in [2.05, 4.69) is 0 Å². The average Bonchev–Trinajstić information content (AvgIpc) is 2.55. The molecule has 0 saturated carbocycles. The number of nitro benzene ring substituents is 1. The van der Waals surface area contributed by atoms with E-state index >= 15 is 0 Å². The van der Waals surface area contributed by atoms with Gasteiger partial charge >= 0.3 is 0 Å². The Bertz CT molecular complexity index is 768. The molecule has 0 aliphatic carbocycles. The molecule has 0 radical (unpaired) electrons. The summed E-state index contributed by atoms with van der Waals surface area (Å²) in [5.74, 6) is 0.311. The molecule has 2 aromatic carbocycles. The van der Waals surface area contributed by atoms with E-state index in [0.717, 1.165) is 0 Å². The molecule has 0 unspecified atom stereocenters. The van der Waals surface area contributed by atoms with Crippen LogP contribution in [-0.4, -0.2) is 11.7 Å². The number of ether oxygens (including phenoxy) is 3. The first-order valence-electron chi connectivity index (χ1n) is 6.63. The van der Waals surface area contributed by atoms with Gasteiger partial charge in [-0.15, -0.1) is 0 Å². The molecule has 2 aromatic rings. The van der Waals surface area contributed by atoms with Crippen molar-refractivity contribution in [1.82, 2.24) is 0 Å². The van der Waals surface area contributed by atoms with Crippen LogP contribution in [0, 0.1) is 15.9 Å². The number of halogens is 2. The smallest absolute Gasteiger partial charge is 0.270 e. The Labute approximate surface area is 135 Å². The van der Waals surface area contributed by atoms with Crippen LogP contribution >= 0.6 is 11.6 Å². The fourth-order valence-electron chi connectivity index (χ4n) is 2.22. The van der Waals surface area contributed by atoms with Gasteiger partial charge in [-0.2, -0.15) is 0 Å². The summed E-state index contributed by atoms with van der Waals surface area (Å²) in [6.07, 6.45) is 0. The van der Waals surface area contributed by atoms with E-state index in [-0.39, 0.29) is 30.7 Å². The maximum atomic E-state index is 13.1. The molecule has 23 heavy (non-hydrogen) atoms. The fraction of sp³-hybridized carbons (Fsp3) is 0.200. The zero-order valence-electron chi connectivity index (χ0n) is 11.8. The van der Waals surface area contributed by atoms with Crippen LogP contribution in [0.2, 0.25) is 5.02 Å². The molecule has 1 aliphatic heterocycles. The van der Waals surface area contributed by atoms with Gasteiger partial charge in [-0.25, -0.2) is 4.39 Å². The lowest BCUT2D eigenvalue weighted by atomic mass is 10.1. The molecule has 0 N–H and O–H groups in total. The summed E-state index contributed by atoms with van der Waals surface area (Å²) in [6, 6.07) is 6.74. The lowest BCUT2D eigenvalue weighted by Crippen LogP contribution is -2.14. The number of hydrogen-bond acceptors (Lipinski definition) is 5. The van der Waals surface area contributed by atoms with Gasteiger partial charge in [-0.3, -0.25) is 10.1 Å². The molecule has 3 rings (SSSR count). The Morgan fingerprint density at radius 3 is 2.91 bits per heavy atom. The summed E-state index contributed by atoms with van der Waals surface area (Å²) >= 11 is 5.69. The van der Waals surface area contributed by atoms with Gasteiger partial charge in [-0.1, -0.05) is 11.6 Å². The summed E-state index contributed by atoms with van der Waals surface area (Å²) < 4.78 is 29.2. The fourth-order valence-corrected chi connectivity index (χ4v) is 2.39. The predicted molar refractivity (Wildman–Crippen MR) is 79.1 cm³/mol. The third kappa shape index (κ3) is 3.35. The maximum absolute atomic E-state index is 13.1. The van der Waals surface area contributed by atoms with Gasteiger partial charge in [0.15, 0.2) is 6.79 Å². The van der Waals surface area contributed by atoms with Gasteiger partial charge in [0.2, 0.25) is 0 Å². The summed E-state index contributed by atoms with van der Waals surface area (Å²) in [6.45, 7) is 0.318. The van der Waals surface area contributed by atoms with Crippen molar-refractivity contribution in [2.45, 2.75) is 13.2 Å². The Morgan fingerprint density at radius 1 is 1.35 bits per heavy atom. The second kappa shape index (κ2) is 6.39. The highest BCUT2D eigenvalue weighted by Crippen LogP contribution is 2.33. The maximum Gasteiger partial charge on any atom is 0.270 e. The molecular weight excluding hydrogens is 329 g/mol. The van der Waals surface area contributed by atoms with Crippen LogP contribution in [-0.2, 0) is 18.0 Å². The van der Waals surface area contributed by atoms with E-state index in [0.29, 0.717) is 22.6 Å². The molecule has 8 heteroatoms. The van der Waals surface area contributed by atoms with Gasteiger partial charge in [-0.05, 0) is 12.1 Å². The van der Waals surface area contributed by atoms with Gasteiger partial charge < -0.3 is 14.2 Å². The Kier molecular flexibility index (Phi) is 4.31. The first-order chi connectivity index (χ1) is 11.0. The molecule has 6 nitrogen and oxygen atoms in total. The summed E-state index contributed by atoms with van der Waals surface area (Å²) in [4.78, 5) is 10.5. The first-order valence-corrected chi connectivity index (χ1v) is 7.01. The molecule has 0 aromatic heterocycles. The highest BCUT2D eigenvalue weighted by Gasteiger charge is 2.21. The minimum Gasteiger partial charge on any atom is -0.489 e. The summed E-state index contributed by atoms with van der Waals surface area (Å²) in [5.41, 5.74) is 1.02. The standard InChI is InChI=1S/C15H11ClFNO5/c16-13-5-12(1-2-14(13)17)22-7-10-4-11(18(19)20)3-9-6-21-8-23-15(9)10/h1-5H,6-8H2. The zero-order chi connectivity index (χ0) is 16.4. The third-order valence-corrected chi connectivity index (χ3v) is 3.56. The zero-order valence-corrected chi connectivity index (χ0v) is 12.5. The van der Waals surface area contributed by atoms with Crippen LogP contribution in [0.1, 0.15) is 11.1 Å². The molecule has 0 fully saturated rings. The van der Waals surface area contributed by atoms with Crippen LogP contribution in [0.15, 0.2) is 30.3 Å². The number of fused-ring (bicyclic) bond motifs is 1. The van der Waals surface area contributed by atoms with Crippen molar-refractivity contribution in [3.63, 3.8) is 0 Å². The summed E-state index contributed by atoms with van der Waals surface area (Å²) in [7, 11) is 0. The largest absolute Gasteiger partial charge is 0.489 e. The predicted octanol–water partition coefficient (Wildman–Crippen LogP) is 3.83. The van der Waals surface area contributed by atoms with E-state index in [1.807, 2.05) is 0 Å². The van der Waals surface area contributed by atoms with E-state index in [1.165, 1.54) is 30.3 Å². The molecule has 0 amide bonds. The normalized spacial score (nSPS) is 13.1. The van der Waals surface area contributed by atoms with Crippen molar-refractivity contribution in [2.75, 3.05) is 6.79 Å². The van der Waals surface area contributed by atoms with Gasteiger partial charge in [0.25, 0.3) is 5.69 Å². The van der Waals surface area contributed by atoms with Crippen molar-refractivity contribution < 1.29 is 23.5 Å². The highest BCUT2D eigenvalue weighted by molar-refractivity contribution is 6.30. The van der Waals surface area contributed by atoms with Crippen molar-refractivity contribution in [1.29, 1.82) is 0 Å². The highest BCUT2D eigenvalue weighted by atomic mass is 35.5. The number of rotatable bonds is 4. The average molecular weight is 340 g/mol. The molecule has 120 valence electrons. The summed E-state index contributed by atoms with van der Waals surface area (Å²) in [5, 5.41) is 11.0. The minimum absolute atomic E-state index is 0.0198. The minimum atomic E-state index is -0.549. The van der Waals surface area contributed by atoms with Crippen LogP contribution in [0.3, 0.4) is 0 Å². The Hall–Kier alpha value is -2.38. The van der Waals surface area contributed by atoms with Crippen LogP contribution in [0.25, 0.3) is 0 Å². The van der Waals surface area contributed by atoms with Crippen molar-refractivity contribution in [3.8, 4) is 11.5 Å². The quantitative estimate of drug-likeness (QED) is 0.625. The lowest BCUT2D eigenvalue weighted by Gasteiger charge is -2.20. The molecular formula is C15H11ClFNO5. The van der Waals surface area contributed by atoms with Gasteiger partial charge in [0.05, 0.1) is 16.6 Å². The monoisotopic (exact) mass is 339 g/mol. The van der Waals surface area contributed by atoms with Gasteiger partial charge in [0.1, 0.15) is 23.9 Å². The van der Waals surface area contributed by atoms with E-state index in [9.17, 15) is 14.5 Å². The molecule has 1 aliphatic rings. The first kappa shape index (κ1) is 15.5. The molecule has 0 saturated heterocycles. The number of non-ortho nitro benzene ring substituents is 1. The topological polar surface area (TPSA) is 70.8 Å². The lowest BCUT2D eigenvalue weighted by molar-refractivity contribution is -0.385. The second-order valence-corrected chi connectivity index (χ2v) is 5.23. The van der Waals surface area contributed by atoms with Crippen molar-refractivity contribution in [2.24, 2.45) is 0 Å².